The van der Waals surface area contributed by atoms with Crippen LogP contribution in [0.1, 0.15) is 30.6 Å². The van der Waals surface area contributed by atoms with Crippen molar-refractivity contribution in [2.45, 2.75) is 38.3 Å². The second kappa shape index (κ2) is 11.5. The number of amides is 2. The number of ether oxygens (including phenoxy) is 2. The average molecular weight is 600 g/mol. The SMILES string of the molecule is CC1(C)OC2CN(c3cc(NC(=O)O)c(NC(=O)CC(=O)c4cccc(-n5ccnc5)c4)cc3-c3ccc(F)cc3)CC2O1. The van der Waals surface area contributed by atoms with Crippen molar-refractivity contribution in [2.75, 3.05) is 28.6 Å². The minimum absolute atomic E-state index is 0.112. The van der Waals surface area contributed by atoms with Gasteiger partial charge in [0.1, 0.15) is 18.0 Å². The molecule has 1 aromatic heterocycles. The zero-order chi connectivity index (χ0) is 31.0. The second-order valence-electron chi connectivity index (χ2n) is 11.1. The Morgan fingerprint density at radius 3 is 2.36 bits per heavy atom. The van der Waals surface area contributed by atoms with Gasteiger partial charge in [-0.2, -0.15) is 0 Å². The van der Waals surface area contributed by atoms with Crippen LogP contribution in [0.15, 0.2) is 79.4 Å². The van der Waals surface area contributed by atoms with Gasteiger partial charge in [-0.05, 0) is 55.8 Å². The number of Topliss-reactive ketones (excluding diaryl/α,β-unsaturated/α-hetero) is 1. The molecule has 2 aliphatic heterocycles. The number of halogens is 1. The molecular formula is C32H30FN5O6. The second-order valence-corrected chi connectivity index (χ2v) is 11.1. The summed E-state index contributed by atoms with van der Waals surface area (Å²) in [5.41, 5.74) is 3.22. The molecule has 0 spiro atoms. The summed E-state index contributed by atoms with van der Waals surface area (Å²) in [5.74, 6) is -2.17. The number of ketones is 1. The lowest BCUT2D eigenvalue weighted by atomic mass is 10.0. The predicted octanol–water partition coefficient (Wildman–Crippen LogP) is 5.32. The van der Waals surface area contributed by atoms with Crippen LogP contribution in [0.25, 0.3) is 16.8 Å². The predicted molar refractivity (Wildman–Crippen MR) is 161 cm³/mol. The van der Waals surface area contributed by atoms with Crippen molar-refractivity contribution in [2.24, 2.45) is 0 Å². The first-order chi connectivity index (χ1) is 21.0. The summed E-state index contributed by atoms with van der Waals surface area (Å²) in [6, 6.07) is 15.9. The van der Waals surface area contributed by atoms with Crippen LogP contribution in [-0.2, 0) is 14.3 Å². The van der Waals surface area contributed by atoms with Gasteiger partial charge < -0.3 is 29.4 Å². The highest BCUT2D eigenvalue weighted by Gasteiger charge is 2.47. The maximum atomic E-state index is 13.8. The van der Waals surface area contributed by atoms with Gasteiger partial charge in [-0.3, -0.25) is 14.9 Å². The topological polar surface area (TPSA) is 135 Å². The fourth-order valence-electron chi connectivity index (χ4n) is 5.65. The molecule has 0 aliphatic carbocycles. The molecule has 2 amide bonds. The lowest BCUT2D eigenvalue weighted by molar-refractivity contribution is -0.147. The number of imidazole rings is 1. The van der Waals surface area contributed by atoms with E-state index in [9.17, 15) is 23.9 Å². The lowest BCUT2D eigenvalue weighted by Gasteiger charge is -2.27. The number of hydrogen-bond acceptors (Lipinski definition) is 7. The molecular weight excluding hydrogens is 569 g/mol. The molecule has 11 nitrogen and oxygen atoms in total. The Hall–Kier alpha value is -5.07. The molecule has 3 aromatic carbocycles. The Labute approximate surface area is 252 Å². The quantitative estimate of drug-likeness (QED) is 0.183. The van der Waals surface area contributed by atoms with Crippen LogP contribution in [0.5, 0.6) is 0 Å². The van der Waals surface area contributed by atoms with E-state index >= 15 is 0 Å². The molecule has 0 bridgehead atoms. The van der Waals surface area contributed by atoms with Crippen molar-refractivity contribution < 1.29 is 33.4 Å². The van der Waals surface area contributed by atoms with E-state index in [1.165, 1.54) is 12.1 Å². The van der Waals surface area contributed by atoms with Gasteiger partial charge in [-0.1, -0.05) is 24.3 Å². The highest BCUT2D eigenvalue weighted by Crippen LogP contribution is 2.42. The molecule has 3 heterocycles. The Morgan fingerprint density at radius 2 is 1.70 bits per heavy atom. The largest absolute Gasteiger partial charge is 0.465 e. The van der Waals surface area contributed by atoms with E-state index in [1.807, 2.05) is 24.8 Å². The van der Waals surface area contributed by atoms with Crippen molar-refractivity contribution >= 4 is 34.8 Å². The summed E-state index contributed by atoms with van der Waals surface area (Å²) in [6.45, 7) is 4.67. The van der Waals surface area contributed by atoms with E-state index in [0.717, 1.165) is 0 Å². The summed E-state index contributed by atoms with van der Waals surface area (Å²) in [6.07, 6.45) is 2.76. The van der Waals surface area contributed by atoms with Gasteiger partial charge in [0.25, 0.3) is 0 Å². The van der Waals surface area contributed by atoms with Gasteiger partial charge in [0.15, 0.2) is 11.6 Å². The smallest absolute Gasteiger partial charge is 0.409 e. The number of carboxylic acid groups (broad SMARTS) is 1. The normalized spacial score (nSPS) is 18.6. The first-order valence-electron chi connectivity index (χ1n) is 14.0. The zero-order valence-electron chi connectivity index (χ0n) is 24.0. The average Bonchev–Trinajstić information content (AvgIpc) is 3.70. The first-order valence-corrected chi connectivity index (χ1v) is 14.0. The minimum atomic E-state index is -1.33. The van der Waals surface area contributed by atoms with E-state index in [1.54, 1.807) is 65.8 Å². The Morgan fingerprint density at radius 1 is 1.00 bits per heavy atom. The number of nitrogens with one attached hydrogen (secondary N) is 2. The monoisotopic (exact) mass is 599 g/mol. The van der Waals surface area contributed by atoms with Crippen LogP contribution < -0.4 is 15.5 Å². The fraction of sp³-hybridized carbons (Fsp3) is 0.250. The highest BCUT2D eigenvalue weighted by molar-refractivity contribution is 6.12. The van der Waals surface area contributed by atoms with E-state index in [-0.39, 0.29) is 23.6 Å². The van der Waals surface area contributed by atoms with Crippen molar-refractivity contribution in [1.82, 2.24) is 9.55 Å². The van der Waals surface area contributed by atoms with Crippen LogP contribution in [0.3, 0.4) is 0 Å². The number of benzene rings is 3. The van der Waals surface area contributed by atoms with Crippen LogP contribution in [0.4, 0.5) is 26.2 Å². The zero-order valence-corrected chi connectivity index (χ0v) is 24.0. The van der Waals surface area contributed by atoms with Gasteiger partial charge in [0, 0.05) is 48.0 Å². The summed E-state index contributed by atoms with van der Waals surface area (Å²) in [7, 11) is 0. The third kappa shape index (κ3) is 6.17. The van der Waals surface area contributed by atoms with Gasteiger partial charge in [-0.25, -0.2) is 14.2 Å². The molecule has 0 saturated carbocycles. The van der Waals surface area contributed by atoms with Crippen LogP contribution in [0.2, 0.25) is 0 Å². The van der Waals surface area contributed by atoms with Gasteiger partial charge in [0.2, 0.25) is 5.91 Å². The van der Waals surface area contributed by atoms with E-state index < -0.39 is 35.8 Å². The molecule has 2 unspecified atom stereocenters. The molecule has 4 aromatic rings. The molecule has 12 heteroatoms. The first kappa shape index (κ1) is 29.0. The van der Waals surface area contributed by atoms with Crippen molar-refractivity contribution in [3.63, 3.8) is 0 Å². The number of aromatic nitrogens is 2. The number of fused-ring (bicyclic) bond motifs is 1. The van der Waals surface area contributed by atoms with Crippen molar-refractivity contribution in [3.05, 3.63) is 90.8 Å². The number of hydrogen-bond donors (Lipinski definition) is 3. The molecule has 6 rings (SSSR count). The third-order valence-electron chi connectivity index (χ3n) is 7.52. The number of carbonyl (C=O) groups is 3. The van der Waals surface area contributed by atoms with E-state index in [4.69, 9.17) is 9.47 Å². The summed E-state index contributed by atoms with van der Waals surface area (Å²) in [5, 5.41) is 14.7. The summed E-state index contributed by atoms with van der Waals surface area (Å²) < 4.78 is 27.7. The third-order valence-corrected chi connectivity index (χ3v) is 7.52. The number of nitrogens with zero attached hydrogens (tertiary/aromatic N) is 3. The lowest BCUT2D eigenvalue weighted by Crippen LogP contribution is -2.30. The summed E-state index contributed by atoms with van der Waals surface area (Å²) >= 11 is 0. The molecule has 2 fully saturated rings. The van der Waals surface area contributed by atoms with Gasteiger partial charge in [0.05, 0.1) is 24.1 Å². The molecule has 44 heavy (non-hydrogen) atoms. The van der Waals surface area contributed by atoms with E-state index in [2.05, 4.69) is 15.6 Å². The van der Waals surface area contributed by atoms with Crippen LogP contribution in [0, 0.1) is 5.82 Å². The fourth-order valence-corrected chi connectivity index (χ4v) is 5.65. The van der Waals surface area contributed by atoms with Crippen LogP contribution >= 0.6 is 0 Å². The Kier molecular flexibility index (Phi) is 7.62. The molecule has 226 valence electrons. The minimum Gasteiger partial charge on any atom is -0.465 e. The van der Waals surface area contributed by atoms with Crippen molar-refractivity contribution in [3.8, 4) is 16.8 Å². The van der Waals surface area contributed by atoms with Crippen LogP contribution in [-0.4, -0.2) is 63.5 Å². The number of anilines is 3. The highest BCUT2D eigenvalue weighted by atomic mass is 19.1. The Balaban J connectivity index is 1.30. The molecule has 2 atom stereocenters. The summed E-state index contributed by atoms with van der Waals surface area (Å²) in [4.78, 5) is 44.0. The van der Waals surface area contributed by atoms with Crippen molar-refractivity contribution in [1.29, 1.82) is 0 Å². The number of carbonyl (C=O) groups excluding carboxylic acids is 2. The molecule has 2 aliphatic rings. The Bertz CT molecular complexity index is 1710. The molecule has 3 N–H and O–H groups in total. The maximum Gasteiger partial charge on any atom is 0.409 e. The van der Waals surface area contributed by atoms with E-state index in [0.29, 0.717) is 41.2 Å². The standard InChI is InChI=1S/C32H30FN5O6/c1-32(2)43-28-16-38(17-29(28)44-32)26-14-25(36-31(41)42)24(13-23(26)19-6-8-21(33)9-7-19)35-30(40)15-27(39)20-4-3-5-22(12-20)37-11-10-34-18-37/h3-14,18,28-29,36H,15-17H2,1-2H3,(H,35,40)(H,41,42). The van der Waals surface area contributed by atoms with Gasteiger partial charge in [-0.15, -0.1) is 0 Å². The number of rotatable bonds is 8. The molecule has 2 saturated heterocycles. The maximum absolute atomic E-state index is 13.8. The molecule has 0 radical (unpaired) electrons. The van der Waals surface area contributed by atoms with Gasteiger partial charge >= 0.3 is 6.09 Å².